The molecule has 116 valence electrons. The molecule has 0 unspecified atom stereocenters. The van der Waals surface area contributed by atoms with Gasteiger partial charge in [-0.3, -0.25) is 10.1 Å². The Kier molecular flexibility index (Phi) is 3.89. The van der Waals surface area contributed by atoms with Crippen LogP contribution in [-0.4, -0.2) is 14.9 Å². The number of aromatic nitrogens is 2. The van der Waals surface area contributed by atoms with Gasteiger partial charge in [-0.05, 0) is 29.7 Å². The quantitative estimate of drug-likeness (QED) is 0.570. The number of hydrogen-bond donors (Lipinski definition) is 1. The van der Waals surface area contributed by atoms with Crippen LogP contribution in [0.25, 0.3) is 10.9 Å². The molecule has 3 rings (SSSR count). The number of nitro groups is 1. The molecule has 3 aromatic rings. The Morgan fingerprint density at radius 1 is 1.09 bits per heavy atom. The lowest BCUT2D eigenvalue weighted by molar-refractivity contribution is -0.384. The highest BCUT2D eigenvalue weighted by Crippen LogP contribution is 2.27. The molecule has 0 fully saturated rings. The average Bonchev–Trinajstić information content (AvgIpc) is 2.55. The predicted molar refractivity (Wildman–Crippen MR) is 90.0 cm³/mol. The van der Waals surface area contributed by atoms with E-state index in [1.807, 2.05) is 12.1 Å². The van der Waals surface area contributed by atoms with Gasteiger partial charge in [-0.1, -0.05) is 26.0 Å². The van der Waals surface area contributed by atoms with E-state index in [2.05, 4.69) is 41.3 Å². The third kappa shape index (κ3) is 3.11. The molecule has 0 amide bonds. The third-order valence-corrected chi connectivity index (χ3v) is 3.67. The summed E-state index contributed by atoms with van der Waals surface area (Å²) in [6, 6.07) is 12.6. The maximum atomic E-state index is 11.0. The molecule has 0 aliphatic carbocycles. The Hall–Kier alpha value is -3.02. The zero-order chi connectivity index (χ0) is 16.4. The van der Waals surface area contributed by atoms with Gasteiger partial charge in [0.15, 0.2) is 0 Å². The zero-order valence-corrected chi connectivity index (χ0v) is 12.9. The Balaban J connectivity index is 1.98. The number of hydrogen-bond acceptors (Lipinski definition) is 5. The van der Waals surface area contributed by atoms with E-state index < -0.39 is 4.92 Å². The van der Waals surface area contributed by atoms with Crippen LogP contribution in [0.15, 0.2) is 48.8 Å². The molecule has 0 saturated heterocycles. The van der Waals surface area contributed by atoms with Gasteiger partial charge in [0.05, 0.1) is 10.4 Å². The molecule has 6 nitrogen and oxygen atoms in total. The first-order chi connectivity index (χ1) is 11.0. The molecule has 0 aliphatic heterocycles. The van der Waals surface area contributed by atoms with Gasteiger partial charge in [0.1, 0.15) is 12.1 Å². The number of nitrogens with zero attached hydrogens (tertiary/aromatic N) is 3. The average molecular weight is 308 g/mol. The van der Waals surface area contributed by atoms with E-state index in [9.17, 15) is 10.1 Å². The summed E-state index contributed by atoms with van der Waals surface area (Å²) in [6.45, 7) is 4.28. The molecular weight excluding hydrogens is 292 g/mol. The summed E-state index contributed by atoms with van der Waals surface area (Å²) in [4.78, 5) is 18.9. The molecule has 1 N–H and O–H groups in total. The summed E-state index contributed by atoms with van der Waals surface area (Å²) in [5.41, 5.74) is 2.80. The highest BCUT2D eigenvalue weighted by molar-refractivity contribution is 5.92. The molecule has 1 heterocycles. The van der Waals surface area contributed by atoms with Crippen molar-refractivity contribution in [1.29, 1.82) is 0 Å². The van der Waals surface area contributed by atoms with Crippen LogP contribution in [-0.2, 0) is 0 Å². The van der Waals surface area contributed by atoms with E-state index in [4.69, 9.17) is 0 Å². The minimum Gasteiger partial charge on any atom is -0.340 e. The van der Waals surface area contributed by atoms with Gasteiger partial charge in [0.25, 0.3) is 5.69 Å². The van der Waals surface area contributed by atoms with E-state index in [1.165, 1.54) is 24.0 Å². The molecule has 23 heavy (non-hydrogen) atoms. The lowest BCUT2D eigenvalue weighted by Gasteiger charge is -2.10. The van der Waals surface area contributed by atoms with Gasteiger partial charge in [0.2, 0.25) is 0 Å². The Morgan fingerprint density at radius 2 is 1.83 bits per heavy atom. The van der Waals surface area contributed by atoms with Crippen LogP contribution < -0.4 is 5.32 Å². The largest absolute Gasteiger partial charge is 0.340 e. The minimum absolute atomic E-state index is 0.0190. The van der Waals surface area contributed by atoms with E-state index in [0.29, 0.717) is 22.6 Å². The van der Waals surface area contributed by atoms with Gasteiger partial charge in [-0.15, -0.1) is 0 Å². The summed E-state index contributed by atoms with van der Waals surface area (Å²) >= 11 is 0. The highest BCUT2D eigenvalue weighted by atomic mass is 16.6. The first-order valence-electron chi connectivity index (χ1n) is 7.31. The number of fused-ring (bicyclic) bond motifs is 1. The zero-order valence-electron chi connectivity index (χ0n) is 12.9. The minimum atomic E-state index is -0.423. The van der Waals surface area contributed by atoms with Crippen molar-refractivity contribution in [3.8, 4) is 0 Å². The van der Waals surface area contributed by atoms with Crippen LogP contribution in [0.5, 0.6) is 0 Å². The topological polar surface area (TPSA) is 81.0 Å². The fourth-order valence-corrected chi connectivity index (χ4v) is 2.35. The first-order valence-corrected chi connectivity index (χ1v) is 7.31. The summed E-state index contributed by atoms with van der Waals surface area (Å²) in [7, 11) is 0. The Bertz CT molecular complexity index is 860. The van der Waals surface area contributed by atoms with Gasteiger partial charge >= 0.3 is 0 Å². The molecule has 0 aliphatic rings. The summed E-state index contributed by atoms with van der Waals surface area (Å²) in [6.07, 6.45) is 1.44. The number of benzene rings is 2. The fraction of sp³-hybridized carbons (Fsp3) is 0.176. The van der Waals surface area contributed by atoms with E-state index >= 15 is 0 Å². The fourth-order valence-electron chi connectivity index (χ4n) is 2.35. The van der Waals surface area contributed by atoms with Crippen molar-refractivity contribution in [3.63, 3.8) is 0 Å². The van der Waals surface area contributed by atoms with Gasteiger partial charge < -0.3 is 5.32 Å². The number of nitro benzene ring substituents is 1. The molecule has 0 bridgehead atoms. The molecule has 0 radical (unpaired) electrons. The SMILES string of the molecule is CC(C)c1ccc(Nc2ncnc3ccc([N+](=O)[O-])cc23)cc1. The predicted octanol–water partition coefficient (Wildman–Crippen LogP) is 4.41. The van der Waals surface area contributed by atoms with Crippen molar-refractivity contribution in [2.24, 2.45) is 0 Å². The molecule has 2 aromatic carbocycles. The van der Waals surface area contributed by atoms with Gasteiger partial charge in [-0.2, -0.15) is 0 Å². The molecule has 0 atom stereocenters. The van der Waals surface area contributed by atoms with Crippen molar-refractivity contribution in [2.45, 2.75) is 19.8 Å². The van der Waals surface area contributed by atoms with Crippen molar-refractivity contribution in [1.82, 2.24) is 9.97 Å². The molecule has 6 heteroatoms. The van der Waals surface area contributed by atoms with Crippen LogP contribution in [0.1, 0.15) is 25.3 Å². The molecular formula is C17H16N4O2. The number of nitrogens with one attached hydrogen (secondary N) is 1. The highest BCUT2D eigenvalue weighted by Gasteiger charge is 2.11. The van der Waals surface area contributed by atoms with Crippen LogP contribution >= 0.6 is 0 Å². The summed E-state index contributed by atoms with van der Waals surface area (Å²) in [5, 5.41) is 14.8. The van der Waals surface area contributed by atoms with Crippen molar-refractivity contribution < 1.29 is 4.92 Å². The van der Waals surface area contributed by atoms with Crippen molar-refractivity contribution in [3.05, 3.63) is 64.5 Å². The maximum absolute atomic E-state index is 11.0. The van der Waals surface area contributed by atoms with Crippen molar-refractivity contribution in [2.75, 3.05) is 5.32 Å². The second-order valence-corrected chi connectivity index (χ2v) is 5.58. The lowest BCUT2D eigenvalue weighted by atomic mass is 10.0. The normalized spacial score (nSPS) is 10.9. The smallest absolute Gasteiger partial charge is 0.270 e. The molecule has 1 aromatic heterocycles. The van der Waals surface area contributed by atoms with Crippen LogP contribution in [0.2, 0.25) is 0 Å². The second kappa shape index (κ2) is 6.00. The number of anilines is 2. The Morgan fingerprint density at radius 3 is 2.48 bits per heavy atom. The summed E-state index contributed by atoms with van der Waals surface area (Å²) in [5.74, 6) is 1.02. The summed E-state index contributed by atoms with van der Waals surface area (Å²) < 4.78 is 0. The number of non-ortho nitro benzene ring substituents is 1. The Labute approximate surface area is 133 Å². The third-order valence-electron chi connectivity index (χ3n) is 3.67. The van der Waals surface area contributed by atoms with Gasteiger partial charge in [-0.25, -0.2) is 9.97 Å². The van der Waals surface area contributed by atoms with E-state index in [0.717, 1.165) is 5.69 Å². The maximum Gasteiger partial charge on any atom is 0.270 e. The number of rotatable bonds is 4. The van der Waals surface area contributed by atoms with E-state index in [1.54, 1.807) is 6.07 Å². The monoisotopic (exact) mass is 308 g/mol. The molecule has 0 saturated carbocycles. The molecule has 0 spiro atoms. The van der Waals surface area contributed by atoms with Crippen molar-refractivity contribution >= 4 is 28.1 Å². The van der Waals surface area contributed by atoms with Crippen LogP contribution in [0.3, 0.4) is 0 Å². The van der Waals surface area contributed by atoms with Crippen LogP contribution in [0.4, 0.5) is 17.2 Å². The van der Waals surface area contributed by atoms with Gasteiger partial charge in [0, 0.05) is 23.2 Å². The van der Waals surface area contributed by atoms with E-state index in [-0.39, 0.29) is 5.69 Å². The second-order valence-electron chi connectivity index (χ2n) is 5.58. The first kappa shape index (κ1) is 14.9. The van der Waals surface area contributed by atoms with Crippen LogP contribution in [0, 0.1) is 10.1 Å². The standard InChI is InChI=1S/C17H16N4O2/c1-11(2)12-3-5-13(6-4-12)20-17-15-9-14(21(22)23)7-8-16(15)18-10-19-17/h3-11H,1-2H3,(H,18,19,20). The lowest BCUT2D eigenvalue weighted by Crippen LogP contribution is -1.97.